The molecule has 2 N–H and O–H groups in total. The highest BCUT2D eigenvalue weighted by Gasteiger charge is 2.30. The van der Waals surface area contributed by atoms with Crippen LogP contribution in [0.4, 0.5) is 11.5 Å². The van der Waals surface area contributed by atoms with Gasteiger partial charge in [0.25, 0.3) is 0 Å². The van der Waals surface area contributed by atoms with E-state index in [4.69, 9.17) is 0 Å². The van der Waals surface area contributed by atoms with Crippen molar-refractivity contribution in [3.05, 3.63) is 48.7 Å². The van der Waals surface area contributed by atoms with E-state index in [1.54, 1.807) is 18.3 Å². The highest BCUT2D eigenvalue weighted by molar-refractivity contribution is 5.78. The van der Waals surface area contributed by atoms with E-state index in [0.29, 0.717) is 31.9 Å². The minimum atomic E-state index is -0.120. The minimum Gasteiger partial charge on any atom is -0.872 e. The summed E-state index contributed by atoms with van der Waals surface area (Å²) < 4.78 is 0. The van der Waals surface area contributed by atoms with Gasteiger partial charge in [-0.2, -0.15) is 0 Å². The monoisotopic (exact) mass is 411 g/mol. The zero-order valence-corrected chi connectivity index (χ0v) is 16.9. The molecule has 0 spiro atoms. The molecule has 2 aliphatic heterocycles. The summed E-state index contributed by atoms with van der Waals surface area (Å²) in [4.78, 5) is 23.3. The van der Waals surface area contributed by atoms with E-state index in [1.165, 1.54) is 12.1 Å². The van der Waals surface area contributed by atoms with Gasteiger partial charge >= 0.3 is 0 Å². The maximum atomic E-state index is 12.7. The number of piperazine rings is 1. The first-order chi connectivity index (χ1) is 14.6. The fourth-order valence-corrected chi connectivity index (χ4v) is 3.93. The van der Waals surface area contributed by atoms with E-state index >= 15 is 0 Å². The van der Waals surface area contributed by atoms with E-state index in [0.717, 1.165) is 37.0 Å². The fraction of sp³-hybridized carbons (Fsp3) is 0.429. The van der Waals surface area contributed by atoms with Gasteiger partial charge in [-0.1, -0.05) is 18.2 Å². The summed E-state index contributed by atoms with van der Waals surface area (Å²) in [6, 6.07) is 11.9. The summed E-state index contributed by atoms with van der Waals surface area (Å²) in [6.07, 6.45) is 2.54. The van der Waals surface area contributed by atoms with Crippen molar-refractivity contribution in [2.24, 2.45) is 0 Å². The van der Waals surface area contributed by atoms with Crippen LogP contribution in [-0.4, -0.2) is 82.9 Å². The van der Waals surface area contributed by atoms with Gasteiger partial charge in [-0.25, -0.2) is 4.98 Å². The van der Waals surface area contributed by atoms with Crippen LogP contribution in [-0.2, 0) is 4.79 Å². The Hall–Kier alpha value is -2.88. The van der Waals surface area contributed by atoms with E-state index in [1.807, 2.05) is 23.1 Å². The predicted octanol–water partition coefficient (Wildman–Crippen LogP) is 0.596. The molecule has 0 aliphatic carbocycles. The second kappa shape index (κ2) is 9.29. The van der Waals surface area contributed by atoms with Crippen LogP contribution in [0.1, 0.15) is 6.42 Å². The number of hydroxylamine groups is 1. The third kappa shape index (κ3) is 4.99. The summed E-state index contributed by atoms with van der Waals surface area (Å²) in [5.41, 5.74) is 3.54. The number of benzene rings is 1. The Morgan fingerprint density at radius 1 is 1.13 bits per heavy atom. The van der Waals surface area contributed by atoms with Crippen LogP contribution < -0.4 is 15.4 Å². The van der Waals surface area contributed by atoms with Crippen LogP contribution in [0, 0.1) is 0 Å². The van der Waals surface area contributed by atoms with Gasteiger partial charge in [0.2, 0.25) is 5.91 Å². The number of amides is 1. The molecule has 3 heterocycles. The first kappa shape index (κ1) is 20.4. The van der Waals surface area contributed by atoms with Crippen molar-refractivity contribution in [3.63, 3.8) is 0 Å². The zero-order chi connectivity index (χ0) is 20.9. The summed E-state index contributed by atoms with van der Waals surface area (Å²) in [6.45, 7) is 4.65. The van der Waals surface area contributed by atoms with Gasteiger partial charge < -0.3 is 14.9 Å². The van der Waals surface area contributed by atoms with Crippen molar-refractivity contribution in [2.45, 2.75) is 12.5 Å². The Balaban J connectivity index is 1.21. The van der Waals surface area contributed by atoms with E-state index in [2.05, 4.69) is 20.2 Å². The largest absolute Gasteiger partial charge is 0.872 e. The van der Waals surface area contributed by atoms with Gasteiger partial charge in [0.05, 0.1) is 18.3 Å². The molecular formula is C21H27N6O3-. The number of likely N-dealkylation sites (tertiary alicyclic amines) is 1. The van der Waals surface area contributed by atoms with Crippen molar-refractivity contribution in [3.8, 4) is 5.75 Å². The van der Waals surface area contributed by atoms with Gasteiger partial charge in [0, 0.05) is 45.5 Å². The number of anilines is 2. The maximum Gasteiger partial charge on any atom is 0.236 e. The average Bonchev–Trinajstić information content (AvgIpc) is 3.25. The number of nitrogens with one attached hydrogen (secondary N) is 1. The summed E-state index contributed by atoms with van der Waals surface area (Å²) in [5.74, 6) is 1.00. The van der Waals surface area contributed by atoms with Gasteiger partial charge in [-0.3, -0.25) is 20.3 Å². The van der Waals surface area contributed by atoms with Crippen LogP contribution >= 0.6 is 0 Å². The molecular weight excluding hydrogens is 384 g/mol. The van der Waals surface area contributed by atoms with Crippen molar-refractivity contribution in [1.29, 1.82) is 0 Å². The van der Waals surface area contributed by atoms with Gasteiger partial charge in [-0.15, -0.1) is 10.9 Å². The first-order valence-corrected chi connectivity index (χ1v) is 10.3. The molecule has 9 heteroatoms. The molecule has 2 aromatic rings. The highest BCUT2D eigenvalue weighted by atomic mass is 16.5. The molecule has 1 aromatic carbocycles. The summed E-state index contributed by atoms with van der Waals surface area (Å²) >= 11 is 0. The Morgan fingerprint density at radius 2 is 1.90 bits per heavy atom. The molecule has 30 heavy (non-hydrogen) atoms. The third-order valence-electron chi connectivity index (χ3n) is 5.66. The van der Waals surface area contributed by atoms with Crippen LogP contribution in [0.3, 0.4) is 0 Å². The molecule has 2 fully saturated rings. The third-order valence-corrected chi connectivity index (χ3v) is 5.66. The van der Waals surface area contributed by atoms with E-state index in [9.17, 15) is 15.1 Å². The Bertz CT molecular complexity index is 826. The molecule has 0 unspecified atom stereocenters. The number of carbonyl (C=O) groups excluding carboxylic acids is 1. The smallest absolute Gasteiger partial charge is 0.236 e. The fourth-order valence-electron chi connectivity index (χ4n) is 3.93. The molecule has 0 radical (unpaired) electrons. The Morgan fingerprint density at radius 3 is 2.60 bits per heavy atom. The van der Waals surface area contributed by atoms with Gasteiger partial charge in [0.15, 0.2) is 0 Å². The Kier molecular flexibility index (Phi) is 6.32. The zero-order valence-electron chi connectivity index (χ0n) is 16.9. The van der Waals surface area contributed by atoms with Crippen molar-refractivity contribution >= 4 is 17.4 Å². The molecule has 2 saturated heterocycles. The lowest BCUT2D eigenvalue weighted by Crippen LogP contribution is -2.51. The predicted molar refractivity (Wildman–Crippen MR) is 111 cm³/mol. The SMILES string of the molecule is O=C(CN1CC[C@@H](N(O)Nc2ccc([O-])cc2)C1)N1CCN(c2ccccn2)CC1. The van der Waals surface area contributed by atoms with Crippen molar-refractivity contribution in [2.75, 3.05) is 56.1 Å². The number of hydrazine groups is 1. The molecule has 4 rings (SSSR count). The quantitative estimate of drug-likeness (QED) is 0.667. The number of hydrogen-bond acceptors (Lipinski definition) is 8. The van der Waals surface area contributed by atoms with Gasteiger partial charge in [0.1, 0.15) is 5.82 Å². The molecule has 1 aromatic heterocycles. The second-order valence-electron chi connectivity index (χ2n) is 7.71. The van der Waals surface area contributed by atoms with E-state index in [-0.39, 0.29) is 17.7 Å². The maximum absolute atomic E-state index is 12.7. The molecule has 0 saturated carbocycles. The molecule has 0 bridgehead atoms. The first-order valence-electron chi connectivity index (χ1n) is 10.3. The molecule has 2 aliphatic rings. The topological polar surface area (TPSA) is 98.2 Å². The average molecular weight is 411 g/mol. The minimum absolute atomic E-state index is 0.0727. The molecule has 160 valence electrons. The van der Waals surface area contributed by atoms with Gasteiger partial charge in [-0.05, 0) is 30.7 Å². The number of hydrogen-bond donors (Lipinski definition) is 2. The molecule has 1 atom stereocenters. The van der Waals surface area contributed by atoms with Crippen LogP contribution in [0.15, 0.2) is 48.7 Å². The normalized spacial score (nSPS) is 20.0. The van der Waals surface area contributed by atoms with Crippen LogP contribution in [0.25, 0.3) is 0 Å². The number of aromatic nitrogens is 1. The van der Waals surface area contributed by atoms with Crippen molar-refractivity contribution in [1.82, 2.24) is 20.0 Å². The summed E-state index contributed by atoms with van der Waals surface area (Å²) in [5, 5.41) is 22.6. The lowest BCUT2D eigenvalue weighted by molar-refractivity contribution is -0.268. The summed E-state index contributed by atoms with van der Waals surface area (Å²) in [7, 11) is 0. The highest BCUT2D eigenvalue weighted by Crippen LogP contribution is 2.18. The number of rotatable bonds is 6. The number of carbonyl (C=O) groups is 1. The standard InChI is InChI=1S/C21H28N6O3/c28-19-6-4-17(5-7-19)23-27(30)18-8-10-24(15-18)16-21(29)26-13-11-25(12-14-26)20-3-1-2-9-22-20/h1-7,9,18,23,28,30H,8,10-16H2/p-1/t18-/m1/s1. The van der Waals surface area contributed by atoms with E-state index < -0.39 is 0 Å². The number of pyridine rings is 1. The van der Waals surface area contributed by atoms with Crippen LogP contribution in [0.2, 0.25) is 0 Å². The number of nitrogens with zero attached hydrogens (tertiary/aromatic N) is 5. The molecule has 1 amide bonds. The van der Waals surface area contributed by atoms with Crippen molar-refractivity contribution < 1.29 is 15.1 Å². The Labute approximate surface area is 176 Å². The second-order valence-corrected chi connectivity index (χ2v) is 7.71. The lowest BCUT2D eigenvalue weighted by atomic mass is 10.3. The van der Waals surface area contributed by atoms with Crippen LogP contribution in [0.5, 0.6) is 5.75 Å². The lowest BCUT2D eigenvalue weighted by Gasteiger charge is -2.36. The molecule has 9 nitrogen and oxygen atoms in total.